The van der Waals surface area contributed by atoms with Crippen LogP contribution in [0.1, 0.15) is 5.56 Å². The number of rotatable bonds is 4. The third kappa shape index (κ3) is 2.82. The van der Waals surface area contributed by atoms with Gasteiger partial charge in [0, 0.05) is 6.51 Å². The maximum Gasteiger partial charge on any atom is 0.503 e. The molecule has 0 radical (unpaired) electrons. The van der Waals surface area contributed by atoms with E-state index in [9.17, 15) is 12.9 Å². The standard InChI is InChI=1S/C9H9BF3O3/c11-10(12,13)5-14-4-7-1-2-8-9(3-7)16-6-15-8/h1-3H,4-6H2/q-1. The summed E-state index contributed by atoms with van der Waals surface area (Å²) < 4.78 is 50.3. The summed E-state index contributed by atoms with van der Waals surface area (Å²) in [5.74, 6) is 1.14. The molecule has 16 heavy (non-hydrogen) atoms. The lowest BCUT2D eigenvalue weighted by atomic mass is 9.95. The molecule has 0 fully saturated rings. The quantitative estimate of drug-likeness (QED) is 0.746. The highest BCUT2D eigenvalue weighted by molar-refractivity contribution is 6.58. The minimum absolute atomic E-state index is 0.0854. The van der Waals surface area contributed by atoms with Crippen LogP contribution in [0.2, 0.25) is 0 Å². The average molecular weight is 233 g/mol. The largest absolute Gasteiger partial charge is 0.503 e. The van der Waals surface area contributed by atoms with Crippen molar-refractivity contribution < 1.29 is 27.2 Å². The Bertz CT molecular complexity index is 381. The number of ether oxygens (including phenoxy) is 3. The highest BCUT2D eigenvalue weighted by atomic mass is 19.4. The van der Waals surface area contributed by atoms with Crippen molar-refractivity contribution in [2.45, 2.75) is 6.61 Å². The summed E-state index contributed by atoms with van der Waals surface area (Å²) in [7, 11) is 0. The lowest BCUT2D eigenvalue weighted by molar-refractivity contribution is 0.137. The Morgan fingerprint density at radius 3 is 2.69 bits per heavy atom. The van der Waals surface area contributed by atoms with Gasteiger partial charge in [-0.15, -0.1) is 0 Å². The topological polar surface area (TPSA) is 27.7 Å². The van der Waals surface area contributed by atoms with E-state index in [1.54, 1.807) is 18.2 Å². The van der Waals surface area contributed by atoms with E-state index in [1.807, 2.05) is 0 Å². The Labute approximate surface area is 90.2 Å². The van der Waals surface area contributed by atoms with Crippen LogP contribution in [0.25, 0.3) is 0 Å². The number of fused-ring (bicyclic) bond motifs is 1. The molecule has 1 aromatic carbocycles. The molecule has 0 saturated heterocycles. The molecule has 0 spiro atoms. The van der Waals surface area contributed by atoms with Gasteiger partial charge in [0.15, 0.2) is 11.5 Å². The van der Waals surface area contributed by atoms with Gasteiger partial charge >= 0.3 is 6.98 Å². The van der Waals surface area contributed by atoms with Gasteiger partial charge < -0.3 is 27.2 Å². The maximum atomic E-state index is 11.9. The second kappa shape index (κ2) is 4.25. The van der Waals surface area contributed by atoms with Crippen molar-refractivity contribution >= 4 is 6.98 Å². The Morgan fingerprint density at radius 1 is 1.19 bits per heavy atom. The van der Waals surface area contributed by atoms with Crippen LogP contribution in [-0.4, -0.2) is 20.3 Å². The molecule has 0 amide bonds. The Hall–Kier alpha value is -1.37. The second-order valence-corrected chi connectivity index (χ2v) is 3.41. The van der Waals surface area contributed by atoms with Gasteiger partial charge in [-0.2, -0.15) is 0 Å². The summed E-state index contributed by atoms with van der Waals surface area (Å²) in [4.78, 5) is 0. The van der Waals surface area contributed by atoms with E-state index in [0.717, 1.165) is 0 Å². The van der Waals surface area contributed by atoms with Gasteiger partial charge in [0.05, 0.1) is 6.61 Å². The van der Waals surface area contributed by atoms with E-state index in [1.165, 1.54) is 0 Å². The predicted octanol–water partition coefficient (Wildman–Crippen LogP) is 2.32. The third-order valence-corrected chi connectivity index (χ3v) is 2.01. The zero-order valence-electron chi connectivity index (χ0n) is 8.29. The number of benzene rings is 1. The summed E-state index contributed by atoms with van der Waals surface area (Å²) in [5, 5.41) is 0. The Morgan fingerprint density at radius 2 is 1.94 bits per heavy atom. The highest BCUT2D eigenvalue weighted by Crippen LogP contribution is 2.32. The summed E-state index contributed by atoms with van der Waals surface area (Å²) in [6, 6.07) is 4.92. The summed E-state index contributed by atoms with van der Waals surface area (Å²) in [6.07, 6.45) is 0. The molecule has 2 rings (SSSR count). The zero-order valence-corrected chi connectivity index (χ0v) is 8.29. The minimum Gasteiger partial charge on any atom is -0.454 e. The Kier molecular flexibility index (Phi) is 2.96. The fraction of sp³-hybridized carbons (Fsp3) is 0.333. The lowest BCUT2D eigenvalue weighted by Crippen LogP contribution is -2.23. The normalized spacial score (nSPS) is 14.2. The molecule has 0 aromatic heterocycles. The lowest BCUT2D eigenvalue weighted by Gasteiger charge is -2.13. The molecule has 0 bridgehead atoms. The molecule has 0 N–H and O–H groups in total. The molecule has 0 unspecified atom stereocenters. The molecule has 0 saturated carbocycles. The van der Waals surface area contributed by atoms with Gasteiger partial charge in [0.1, 0.15) is 0 Å². The van der Waals surface area contributed by atoms with Crippen LogP contribution in [0.4, 0.5) is 12.9 Å². The van der Waals surface area contributed by atoms with E-state index in [-0.39, 0.29) is 13.4 Å². The van der Waals surface area contributed by atoms with Crippen LogP contribution in [0, 0.1) is 0 Å². The van der Waals surface area contributed by atoms with E-state index < -0.39 is 13.5 Å². The van der Waals surface area contributed by atoms with Crippen molar-refractivity contribution in [2.24, 2.45) is 0 Å². The van der Waals surface area contributed by atoms with Crippen LogP contribution < -0.4 is 9.47 Å². The van der Waals surface area contributed by atoms with Crippen molar-refractivity contribution in [3.8, 4) is 11.5 Å². The van der Waals surface area contributed by atoms with Crippen LogP contribution in [0.15, 0.2) is 18.2 Å². The molecule has 88 valence electrons. The number of hydrogen-bond donors (Lipinski definition) is 0. The van der Waals surface area contributed by atoms with Crippen molar-refractivity contribution in [1.29, 1.82) is 0 Å². The SMILES string of the molecule is F[B-](F)(F)COCc1ccc2c(c1)OCO2. The molecule has 1 heterocycles. The molecule has 1 aromatic rings. The third-order valence-electron chi connectivity index (χ3n) is 2.01. The fourth-order valence-corrected chi connectivity index (χ4v) is 1.34. The van der Waals surface area contributed by atoms with Gasteiger partial charge in [-0.1, -0.05) is 6.07 Å². The van der Waals surface area contributed by atoms with Crippen LogP contribution >= 0.6 is 0 Å². The van der Waals surface area contributed by atoms with Gasteiger partial charge in [0.25, 0.3) is 0 Å². The van der Waals surface area contributed by atoms with Crippen LogP contribution in [0.5, 0.6) is 11.5 Å². The Balaban J connectivity index is 1.91. The first kappa shape index (κ1) is 11.1. The van der Waals surface area contributed by atoms with Crippen LogP contribution in [0.3, 0.4) is 0 Å². The number of halogens is 3. The van der Waals surface area contributed by atoms with Gasteiger partial charge in [-0.3, -0.25) is 0 Å². The van der Waals surface area contributed by atoms with Gasteiger partial charge in [-0.25, -0.2) is 0 Å². The van der Waals surface area contributed by atoms with Crippen molar-refractivity contribution in [1.82, 2.24) is 0 Å². The first-order valence-corrected chi connectivity index (χ1v) is 4.72. The van der Waals surface area contributed by atoms with Crippen molar-refractivity contribution in [3.05, 3.63) is 23.8 Å². The molecule has 0 atom stereocenters. The monoisotopic (exact) mass is 233 g/mol. The van der Waals surface area contributed by atoms with Gasteiger partial charge in [0.2, 0.25) is 6.79 Å². The molecular weight excluding hydrogens is 224 g/mol. The average Bonchev–Trinajstić information content (AvgIpc) is 2.62. The van der Waals surface area contributed by atoms with E-state index in [4.69, 9.17) is 9.47 Å². The fourth-order valence-electron chi connectivity index (χ4n) is 1.34. The molecular formula is C9H9BF3O3-. The second-order valence-electron chi connectivity index (χ2n) is 3.41. The van der Waals surface area contributed by atoms with Crippen molar-refractivity contribution in [2.75, 3.05) is 13.3 Å². The van der Waals surface area contributed by atoms with E-state index in [0.29, 0.717) is 17.1 Å². The van der Waals surface area contributed by atoms with Gasteiger partial charge in [-0.05, 0) is 17.7 Å². The maximum absolute atomic E-state index is 11.9. The van der Waals surface area contributed by atoms with Crippen molar-refractivity contribution in [3.63, 3.8) is 0 Å². The summed E-state index contributed by atoms with van der Waals surface area (Å²) in [5.41, 5.74) is 0.629. The first-order valence-electron chi connectivity index (χ1n) is 4.72. The molecule has 0 aliphatic carbocycles. The zero-order chi connectivity index (χ0) is 11.6. The summed E-state index contributed by atoms with van der Waals surface area (Å²) >= 11 is 0. The molecule has 1 aliphatic heterocycles. The predicted molar refractivity (Wildman–Crippen MR) is 51.3 cm³/mol. The molecule has 1 aliphatic rings. The molecule has 7 heteroatoms. The first-order chi connectivity index (χ1) is 7.54. The highest BCUT2D eigenvalue weighted by Gasteiger charge is 2.23. The van der Waals surface area contributed by atoms with Crippen LogP contribution in [-0.2, 0) is 11.3 Å². The number of hydrogen-bond acceptors (Lipinski definition) is 3. The minimum atomic E-state index is -4.89. The molecule has 3 nitrogen and oxygen atoms in total. The smallest absolute Gasteiger partial charge is 0.454 e. The van der Waals surface area contributed by atoms with E-state index in [2.05, 4.69) is 4.74 Å². The summed E-state index contributed by atoms with van der Waals surface area (Å²) in [6.45, 7) is -6.01. The van der Waals surface area contributed by atoms with E-state index >= 15 is 0 Å².